The van der Waals surface area contributed by atoms with Crippen LogP contribution in [0.15, 0.2) is 83.8 Å². The standard InChI is InChI=1S/C27H30FN3O5S/c1-4-25(27(33)29-2)30(18-20-10-12-21(28)13-11-20)26(32)19-31(22-14-16-23(36-3)17-15-22)37(34,35)24-8-6-5-7-9-24/h5-17,25H,4,18-19H2,1-3H3,(H,29,33)/t25-/m0/s1. The van der Waals surface area contributed by atoms with E-state index in [9.17, 15) is 22.4 Å². The Labute approximate surface area is 216 Å². The van der Waals surface area contributed by atoms with Crippen molar-refractivity contribution in [3.63, 3.8) is 0 Å². The van der Waals surface area contributed by atoms with E-state index in [-0.39, 0.29) is 23.0 Å². The van der Waals surface area contributed by atoms with Gasteiger partial charge in [-0.1, -0.05) is 37.3 Å². The Kier molecular flexibility index (Phi) is 9.24. The number of methoxy groups -OCH3 is 1. The number of halogens is 1. The second-order valence-electron chi connectivity index (χ2n) is 8.21. The summed E-state index contributed by atoms with van der Waals surface area (Å²) in [6, 6.07) is 18.8. The molecule has 1 atom stereocenters. The van der Waals surface area contributed by atoms with Gasteiger partial charge in [-0.15, -0.1) is 0 Å². The van der Waals surface area contributed by atoms with Crippen LogP contribution in [0.25, 0.3) is 0 Å². The molecule has 2 amide bonds. The molecule has 0 aromatic heterocycles. The van der Waals surface area contributed by atoms with Crippen molar-refractivity contribution in [2.45, 2.75) is 30.8 Å². The number of likely N-dealkylation sites (N-methyl/N-ethyl adjacent to an activating group) is 1. The molecule has 0 spiro atoms. The number of benzene rings is 3. The highest BCUT2D eigenvalue weighted by molar-refractivity contribution is 7.92. The molecule has 0 saturated carbocycles. The van der Waals surface area contributed by atoms with Gasteiger partial charge in [-0.25, -0.2) is 12.8 Å². The first-order valence-electron chi connectivity index (χ1n) is 11.7. The van der Waals surface area contributed by atoms with Crippen molar-refractivity contribution in [2.75, 3.05) is 25.0 Å². The van der Waals surface area contributed by atoms with E-state index in [1.807, 2.05) is 0 Å². The minimum Gasteiger partial charge on any atom is -0.497 e. The zero-order valence-electron chi connectivity index (χ0n) is 20.9. The van der Waals surface area contributed by atoms with Crippen molar-refractivity contribution >= 4 is 27.5 Å². The molecule has 0 unspecified atom stereocenters. The molecule has 0 heterocycles. The van der Waals surface area contributed by atoms with Crippen molar-refractivity contribution in [3.8, 4) is 5.75 Å². The van der Waals surface area contributed by atoms with Gasteiger partial charge in [0.2, 0.25) is 11.8 Å². The smallest absolute Gasteiger partial charge is 0.264 e. The summed E-state index contributed by atoms with van der Waals surface area (Å²) in [5.41, 5.74) is 0.853. The molecular formula is C27H30FN3O5S. The highest BCUT2D eigenvalue weighted by Crippen LogP contribution is 2.26. The first-order valence-corrected chi connectivity index (χ1v) is 13.1. The van der Waals surface area contributed by atoms with Gasteiger partial charge < -0.3 is 15.0 Å². The van der Waals surface area contributed by atoms with Gasteiger partial charge in [0, 0.05) is 13.6 Å². The first-order chi connectivity index (χ1) is 17.7. The second kappa shape index (κ2) is 12.4. The minimum atomic E-state index is -4.14. The van der Waals surface area contributed by atoms with Crippen LogP contribution < -0.4 is 14.4 Å². The lowest BCUT2D eigenvalue weighted by atomic mass is 10.1. The van der Waals surface area contributed by atoms with E-state index in [4.69, 9.17) is 4.74 Å². The molecule has 0 bridgehead atoms. The van der Waals surface area contributed by atoms with Gasteiger partial charge in [0.25, 0.3) is 10.0 Å². The average Bonchev–Trinajstić information content (AvgIpc) is 2.92. The van der Waals surface area contributed by atoms with Gasteiger partial charge in [0.15, 0.2) is 0 Å². The Hall–Kier alpha value is -3.92. The Morgan fingerprint density at radius 2 is 1.59 bits per heavy atom. The number of sulfonamides is 1. The van der Waals surface area contributed by atoms with E-state index >= 15 is 0 Å². The predicted molar refractivity (Wildman–Crippen MR) is 139 cm³/mol. The number of nitrogens with one attached hydrogen (secondary N) is 1. The highest BCUT2D eigenvalue weighted by atomic mass is 32.2. The predicted octanol–water partition coefficient (Wildman–Crippen LogP) is 3.58. The SMILES string of the molecule is CC[C@@H](C(=O)NC)N(Cc1ccc(F)cc1)C(=O)CN(c1ccc(OC)cc1)S(=O)(=O)c1ccccc1. The summed E-state index contributed by atoms with van der Waals surface area (Å²) in [5.74, 6) is -0.884. The molecule has 3 aromatic carbocycles. The number of carbonyl (C=O) groups excluding carboxylic acids is 2. The molecule has 37 heavy (non-hydrogen) atoms. The van der Waals surface area contributed by atoms with Gasteiger partial charge in [-0.05, 0) is 60.5 Å². The Morgan fingerprint density at radius 1 is 0.973 bits per heavy atom. The van der Waals surface area contributed by atoms with Gasteiger partial charge in [0.05, 0.1) is 17.7 Å². The van der Waals surface area contributed by atoms with E-state index in [0.29, 0.717) is 17.7 Å². The van der Waals surface area contributed by atoms with Crippen LogP contribution in [-0.2, 0) is 26.2 Å². The average molecular weight is 528 g/mol. The Balaban J connectivity index is 2.04. The summed E-state index contributed by atoms with van der Waals surface area (Å²) >= 11 is 0. The maximum Gasteiger partial charge on any atom is 0.264 e. The number of ether oxygens (including phenoxy) is 1. The third-order valence-corrected chi connectivity index (χ3v) is 7.66. The highest BCUT2D eigenvalue weighted by Gasteiger charge is 2.33. The Bertz CT molecular complexity index is 1300. The van der Waals surface area contributed by atoms with Crippen LogP contribution in [-0.4, -0.2) is 51.9 Å². The molecule has 3 rings (SSSR count). The Morgan fingerprint density at radius 3 is 2.14 bits per heavy atom. The molecule has 0 saturated heterocycles. The molecule has 0 radical (unpaired) electrons. The van der Waals surface area contributed by atoms with Crippen LogP contribution in [0.4, 0.5) is 10.1 Å². The molecule has 8 nitrogen and oxygen atoms in total. The third kappa shape index (κ3) is 6.65. The molecule has 0 fully saturated rings. The van der Waals surface area contributed by atoms with Crippen LogP contribution >= 0.6 is 0 Å². The zero-order chi connectivity index (χ0) is 27.0. The number of hydrogen-bond acceptors (Lipinski definition) is 5. The first kappa shape index (κ1) is 27.7. The van der Waals surface area contributed by atoms with E-state index in [0.717, 1.165) is 4.31 Å². The fourth-order valence-electron chi connectivity index (χ4n) is 3.87. The lowest BCUT2D eigenvalue weighted by Gasteiger charge is -2.33. The van der Waals surface area contributed by atoms with Crippen molar-refractivity contribution in [3.05, 3.63) is 90.2 Å². The summed E-state index contributed by atoms with van der Waals surface area (Å²) in [7, 11) is -1.18. The van der Waals surface area contributed by atoms with Crippen LogP contribution in [0.3, 0.4) is 0 Å². The fourth-order valence-corrected chi connectivity index (χ4v) is 5.30. The summed E-state index contributed by atoms with van der Waals surface area (Å²) in [6.07, 6.45) is 0.292. The van der Waals surface area contributed by atoms with E-state index in [1.54, 1.807) is 49.4 Å². The van der Waals surface area contributed by atoms with Gasteiger partial charge in [-0.3, -0.25) is 13.9 Å². The van der Waals surface area contributed by atoms with E-state index in [1.165, 1.54) is 55.5 Å². The normalized spacial score (nSPS) is 11.9. The molecular weight excluding hydrogens is 497 g/mol. The molecule has 1 N–H and O–H groups in total. The fraction of sp³-hybridized carbons (Fsp3) is 0.259. The van der Waals surface area contributed by atoms with Crippen molar-refractivity contribution < 1.29 is 27.1 Å². The molecule has 0 aliphatic heterocycles. The second-order valence-corrected chi connectivity index (χ2v) is 10.1. The number of hydrogen-bond donors (Lipinski definition) is 1. The zero-order valence-corrected chi connectivity index (χ0v) is 21.7. The summed E-state index contributed by atoms with van der Waals surface area (Å²) in [6.45, 7) is 1.19. The van der Waals surface area contributed by atoms with Crippen LogP contribution in [0.1, 0.15) is 18.9 Å². The van der Waals surface area contributed by atoms with Gasteiger partial charge in [0.1, 0.15) is 24.2 Å². The van der Waals surface area contributed by atoms with Crippen molar-refractivity contribution in [1.29, 1.82) is 0 Å². The van der Waals surface area contributed by atoms with Gasteiger partial charge >= 0.3 is 0 Å². The maximum atomic E-state index is 13.8. The number of nitrogens with zero attached hydrogens (tertiary/aromatic N) is 2. The number of anilines is 1. The lowest BCUT2D eigenvalue weighted by Crippen LogP contribution is -2.51. The largest absolute Gasteiger partial charge is 0.497 e. The molecule has 0 aliphatic rings. The quantitative estimate of drug-likeness (QED) is 0.411. The third-order valence-electron chi connectivity index (χ3n) is 5.87. The number of carbonyl (C=O) groups is 2. The summed E-state index contributed by atoms with van der Waals surface area (Å²) in [4.78, 5) is 27.8. The molecule has 196 valence electrons. The van der Waals surface area contributed by atoms with Crippen LogP contribution in [0.5, 0.6) is 5.75 Å². The van der Waals surface area contributed by atoms with Crippen LogP contribution in [0.2, 0.25) is 0 Å². The molecule has 3 aromatic rings. The molecule has 0 aliphatic carbocycles. The topological polar surface area (TPSA) is 96.0 Å². The lowest BCUT2D eigenvalue weighted by molar-refractivity contribution is -0.140. The summed E-state index contributed by atoms with van der Waals surface area (Å²) in [5, 5.41) is 2.56. The minimum absolute atomic E-state index is 0.00707. The number of rotatable bonds is 11. The number of amides is 2. The van der Waals surface area contributed by atoms with Crippen LogP contribution in [0, 0.1) is 5.82 Å². The molecule has 10 heteroatoms. The van der Waals surface area contributed by atoms with Crippen molar-refractivity contribution in [1.82, 2.24) is 10.2 Å². The van der Waals surface area contributed by atoms with E-state index in [2.05, 4.69) is 5.32 Å². The maximum absolute atomic E-state index is 13.8. The monoisotopic (exact) mass is 527 g/mol. The summed E-state index contributed by atoms with van der Waals surface area (Å²) < 4.78 is 47.0. The van der Waals surface area contributed by atoms with E-state index < -0.39 is 34.3 Å². The van der Waals surface area contributed by atoms with Gasteiger partial charge in [-0.2, -0.15) is 0 Å². The van der Waals surface area contributed by atoms with Crippen molar-refractivity contribution in [2.24, 2.45) is 0 Å².